The SMILES string of the molecule is Cc1cc(Br)c(CNC(CC(C)C)C(=O)O)s1. The van der Waals surface area contributed by atoms with Crippen LogP contribution < -0.4 is 5.32 Å². The van der Waals surface area contributed by atoms with Crippen LogP contribution in [0.4, 0.5) is 0 Å². The number of halogens is 1. The molecular formula is C12H18BrNO2S. The Morgan fingerprint density at radius 3 is 2.65 bits per heavy atom. The molecule has 1 rings (SSSR count). The van der Waals surface area contributed by atoms with Gasteiger partial charge in [-0.2, -0.15) is 0 Å². The summed E-state index contributed by atoms with van der Waals surface area (Å²) in [5, 5.41) is 12.2. The first-order valence-electron chi connectivity index (χ1n) is 5.61. The van der Waals surface area contributed by atoms with Crippen molar-refractivity contribution in [2.45, 2.75) is 39.8 Å². The second kappa shape index (κ2) is 6.52. The summed E-state index contributed by atoms with van der Waals surface area (Å²) < 4.78 is 1.06. The first kappa shape index (κ1) is 14.7. The minimum Gasteiger partial charge on any atom is -0.480 e. The number of hydrogen-bond acceptors (Lipinski definition) is 3. The number of aliphatic carboxylic acids is 1. The molecule has 3 nitrogen and oxygen atoms in total. The van der Waals surface area contributed by atoms with Crippen LogP contribution in [0.2, 0.25) is 0 Å². The summed E-state index contributed by atoms with van der Waals surface area (Å²) >= 11 is 5.16. The van der Waals surface area contributed by atoms with Crippen molar-refractivity contribution < 1.29 is 9.90 Å². The summed E-state index contributed by atoms with van der Waals surface area (Å²) in [6.45, 7) is 6.70. The van der Waals surface area contributed by atoms with Crippen molar-refractivity contribution >= 4 is 33.2 Å². The van der Waals surface area contributed by atoms with Gasteiger partial charge in [0.2, 0.25) is 0 Å². The Bertz CT molecular complexity index is 390. The van der Waals surface area contributed by atoms with Crippen molar-refractivity contribution in [2.75, 3.05) is 0 Å². The molecule has 1 aromatic rings. The molecule has 0 aromatic carbocycles. The summed E-state index contributed by atoms with van der Waals surface area (Å²) in [4.78, 5) is 13.5. The van der Waals surface area contributed by atoms with Gasteiger partial charge in [-0.15, -0.1) is 11.3 Å². The number of nitrogens with one attached hydrogen (secondary N) is 1. The fourth-order valence-electron chi connectivity index (χ4n) is 1.61. The van der Waals surface area contributed by atoms with Gasteiger partial charge >= 0.3 is 5.97 Å². The molecule has 1 unspecified atom stereocenters. The van der Waals surface area contributed by atoms with Crippen LogP contribution in [0.3, 0.4) is 0 Å². The van der Waals surface area contributed by atoms with Gasteiger partial charge in [-0.05, 0) is 41.3 Å². The van der Waals surface area contributed by atoms with E-state index in [-0.39, 0.29) is 0 Å². The summed E-state index contributed by atoms with van der Waals surface area (Å²) in [5.41, 5.74) is 0. The van der Waals surface area contributed by atoms with Crippen molar-refractivity contribution in [2.24, 2.45) is 5.92 Å². The van der Waals surface area contributed by atoms with Crippen molar-refractivity contribution in [3.8, 4) is 0 Å². The molecule has 0 bridgehead atoms. The van der Waals surface area contributed by atoms with E-state index >= 15 is 0 Å². The summed E-state index contributed by atoms with van der Waals surface area (Å²) in [6, 6.07) is 1.59. The van der Waals surface area contributed by atoms with Gasteiger partial charge in [-0.25, -0.2) is 0 Å². The lowest BCUT2D eigenvalue weighted by Gasteiger charge is -2.16. The lowest BCUT2D eigenvalue weighted by Crippen LogP contribution is -2.37. The van der Waals surface area contributed by atoms with Gasteiger partial charge in [0.15, 0.2) is 0 Å². The van der Waals surface area contributed by atoms with E-state index in [1.165, 1.54) is 4.88 Å². The van der Waals surface area contributed by atoms with Crippen LogP contribution in [0.25, 0.3) is 0 Å². The fraction of sp³-hybridized carbons (Fsp3) is 0.583. The number of carbonyl (C=O) groups is 1. The molecule has 0 spiro atoms. The second-order valence-corrected chi connectivity index (χ2v) is 6.72. The Balaban J connectivity index is 2.57. The van der Waals surface area contributed by atoms with E-state index < -0.39 is 12.0 Å². The molecule has 5 heteroatoms. The molecule has 96 valence electrons. The smallest absolute Gasteiger partial charge is 0.320 e. The van der Waals surface area contributed by atoms with Crippen LogP contribution in [0.5, 0.6) is 0 Å². The maximum absolute atomic E-state index is 11.1. The van der Waals surface area contributed by atoms with E-state index in [2.05, 4.69) is 27.3 Å². The first-order chi connectivity index (χ1) is 7.90. The van der Waals surface area contributed by atoms with Crippen LogP contribution in [-0.2, 0) is 11.3 Å². The average molecular weight is 320 g/mol. The highest BCUT2D eigenvalue weighted by molar-refractivity contribution is 9.10. The average Bonchev–Trinajstić information content (AvgIpc) is 2.51. The maximum atomic E-state index is 11.1. The Morgan fingerprint density at radius 2 is 2.24 bits per heavy atom. The molecule has 0 amide bonds. The Labute approximate surface area is 114 Å². The molecule has 1 aromatic heterocycles. The van der Waals surface area contributed by atoms with E-state index in [1.54, 1.807) is 11.3 Å². The zero-order valence-corrected chi connectivity index (χ0v) is 12.7. The van der Waals surface area contributed by atoms with Crippen molar-refractivity contribution in [3.05, 3.63) is 20.3 Å². The summed E-state index contributed by atoms with van der Waals surface area (Å²) in [5.74, 6) is -0.403. The summed E-state index contributed by atoms with van der Waals surface area (Å²) in [7, 11) is 0. The van der Waals surface area contributed by atoms with E-state index in [9.17, 15) is 4.79 Å². The standard InChI is InChI=1S/C12H18BrNO2S/c1-7(2)4-10(12(15)16)14-6-11-9(13)5-8(3)17-11/h5,7,10,14H,4,6H2,1-3H3,(H,15,16). The van der Waals surface area contributed by atoms with E-state index in [1.807, 2.05) is 20.8 Å². The van der Waals surface area contributed by atoms with Gasteiger partial charge in [0.1, 0.15) is 6.04 Å². The van der Waals surface area contributed by atoms with E-state index in [4.69, 9.17) is 5.11 Å². The minimum absolute atomic E-state index is 0.372. The molecule has 17 heavy (non-hydrogen) atoms. The molecule has 0 aliphatic heterocycles. The third kappa shape index (κ3) is 4.77. The molecule has 0 radical (unpaired) electrons. The predicted octanol–water partition coefficient (Wildman–Crippen LogP) is 3.41. The Morgan fingerprint density at radius 1 is 1.59 bits per heavy atom. The molecule has 0 aliphatic rings. The van der Waals surface area contributed by atoms with E-state index in [0.29, 0.717) is 18.9 Å². The van der Waals surface area contributed by atoms with Gasteiger partial charge in [-0.1, -0.05) is 13.8 Å². The quantitative estimate of drug-likeness (QED) is 0.844. The predicted molar refractivity (Wildman–Crippen MR) is 74.5 cm³/mol. The monoisotopic (exact) mass is 319 g/mol. The highest BCUT2D eigenvalue weighted by Gasteiger charge is 2.18. The van der Waals surface area contributed by atoms with Crippen molar-refractivity contribution in [1.82, 2.24) is 5.32 Å². The lowest BCUT2D eigenvalue weighted by molar-refractivity contribution is -0.140. The number of hydrogen-bond donors (Lipinski definition) is 2. The number of aryl methyl sites for hydroxylation is 1. The molecule has 1 atom stereocenters. The molecule has 0 fully saturated rings. The van der Waals surface area contributed by atoms with Crippen LogP contribution in [-0.4, -0.2) is 17.1 Å². The zero-order chi connectivity index (χ0) is 13.0. The van der Waals surface area contributed by atoms with Gasteiger partial charge in [-0.3, -0.25) is 10.1 Å². The Hall–Kier alpha value is -0.390. The molecule has 0 saturated heterocycles. The van der Waals surface area contributed by atoms with Crippen molar-refractivity contribution in [3.63, 3.8) is 0 Å². The molecule has 0 aliphatic carbocycles. The second-order valence-electron chi connectivity index (χ2n) is 4.53. The number of carboxylic acid groups (broad SMARTS) is 1. The minimum atomic E-state index is -0.775. The molecule has 2 N–H and O–H groups in total. The maximum Gasteiger partial charge on any atom is 0.320 e. The first-order valence-corrected chi connectivity index (χ1v) is 7.22. The Kier molecular flexibility index (Phi) is 5.62. The molecule has 0 saturated carbocycles. The lowest BCUT2D eigenvalue weighted by atomic mass is 10.0. The zero-order valence-electron chi connectivity index (χ0n) is 10.3. The van der Waals surface area contributed by atoms with Crippen LogP contribution in [0.1, 0.15) is 30.0 Å². The normalized spacial score (nSPS) is 13.0. The highest BCUT2D eigenvalue weighted by Crippen LogP contribution is 2.26. The highest BCUT2D eigenvalue weighted by atomic mass is 79.9. The number of rotatable bonds is 6. The fourth-order valence-corrected chi connectivity index (χ4v) is 3.37. The van der Waals surface area contributed by atoms with E-state index in [0.717, 1.165) is 9.35 Å². The van der Waals surface area contributed by atoms with Crippen molar-refractivity contribution in [1.29, 1.82) is 0 Å². The van der Waals surface area contributed by atoms with Gasteiger partial charge in [0.05, 0.1) is 0 Å². The number of thiophene rings is 1. The topological polar surface area (TPSA) is 49.3 Å². The largest absolute Gasteiger partial charge is 0.480 e. The molecule has 1 heterocycles. The van der Waals surface area contributed by atoms with Crippen LogP contribution >= 0.6 is 27.3 Å². The third-order valence-corrected chi connectivity index (χ3v) is 4.42. The van der Waals surface area contributed by atoms with Gasteiger partial charge in [0.25, 0.3) is 0 Å². The van der Waals surface area contributed by atoms with Gasteiger partial charge < -0.3 is 5.11 Å². The third-order valence-electron chi connectivity index (χ3n) is 2.39. The van der Waals surface area contributed by atoms with Crippen LogP contribution in [0, 0.1) is 12.8 Å². The summed E-state index contributed by atoms with van der Waals surface area (Å²) in [6.07, 6.45) is 0.650. The van der Waals surface area contributed by atoms with Gasteiger partial charge in [0, 0.05) is 20.8 Å². The number of carboxylic acids is 1. The van der Waals surface area contributed by atoms with Crippen LogP contribution in [0.15, 0.2) is 10.5 Å². The molecular weight excluding hydrogens is 302 g/mol.